The van der Waals surface area contributed by atoms with E-state index >= 15 is 0 Å². The monoisotopic (exact) mass is 787 g/mol. The molecule has 3 saturated carbocycles. The Morgan fingerprint density at radius 2 is 1.70 bits per heavy atom. The Bertz CT molecular complexity index is 2210. The molecule has 2 aliphatic heterocycles. The number of nitrogens with one attached hydrogen (secondary N) is 2. The van der Waals surface area contributed by atoms with Crippen LogP contribution in [0.1, 0.15) is 74.7 Å². The number of hydrogen-bond acceptors (Lipinski definition) is 10. The van der Waals surface area contributed by atoms with Gasteiger partial charge < -0.3 is 19.1 Å². The Morgan fingerprint density at radius 3 is 2.41 bits per heavy atom. The van der Waals surface area contributed by atoms with Crippen molar-refractivity contribution in [3.05, 3.63) is 71.9 Å². The lowest BCUT2D eigenvalue weighted by molar-refractivity contribution is 0.0984. The minimum absolute atomic E-state index is 0.00449. The molecule has 1 aromatic carbocycles. The van der Waals surface area contributed by atoms with Gasteiger partial charge in [0.25, 0.3) is 5.91 Å². The van der Waals surface area contributed by atoms with Gasteiger partial charge in [0.15, 0.2) is 17.4 Å². The number of aryl methyl sites for hydroxylation is 1. The van der Waals surface area contributed by atoms with Gasteiger partial charge in [0.05, 0.1) is 10.5 Å². The smallest absolute Gasteiger partial charge is 0.265 e. The molecule has 2 unspecified atom stereocenters. The van der Waals surface area contributed by atoms with Gasteiger partial charge in [0.1, 0.15) is 42.2 Å². The number of rotatable bonds is 8. The zero-order valence-corrected chi connectivity index (χ0v) is 35.1. The molecule has 3 aromatic heterocycles. The first-order valence-corrected chi connectivity index (χ1v) is 21.9. The van der Waals surface area contributed by atoms with Gasteiger partial charge in [-0.3, -0.25) is 9.52 Å². The number of benzene rings is 1. The van der Waals surface area contributed by atoms with Gasteiger partial charge in [-0.05, 0) is 125 Å². The lowest BCUT2D eigenvalue weighted by Gasteiger charge is -2.43. The van der Waals surface area contributed by atoms with Gasteiger partial charge in [-0.25, -0.2) is 18.9 Å². The van der Waals surface area contributed by atoms with E-state index in [9.17, 15) is 9.00 Å². The quantitative estimate of drug-likeness (QED) is 0.204. The van der Waals surface area contributed by atoms with Crippen LogP contribution in [0.2, 0.25) is 5.21 Å². The SMILES string of the molecule is BC(B)(Oc1ccn(-c2ccc3c(n2)N2CC(CCCNc4nc(ccc4OS(=O)c4ccc(C)cc4)SNC3=O)CC2(C)C)n1)C(B)(B)C1C2(CC2)C12CC2. The van der Waals surface area contributed by atoms with Crippen LogP contribution in [0.15, 0.2) is 70.7 Å². The van der Waals surface area contributed by atoms with E-state index in [4.69, 9.17) is 24.0 Å². The van der Waals surface area contributed by atoms with Crippen molar-refractivity contribution in [2.75, 3.05) is 23.3 Å². The highest BCUT2D eigenvalue weighted by molar-refractivity contribution is 7.97. The molecule has 17 heteroatoms. The Hall–Kier alpha value is -3.84. The maximum absolute atomic E-state index is 14.0. The summed E-state index contributed by atoms with van der Waals surface area (Å²) in [7, 11) is 9.21. The van der Waals surface area contributed by atoms with Crippen LogP contribution in [0.3, 0.4) is 0 Å². The number of fused-ring (bicyclic) bond motifs is 7. The third-order valence-corrected chi connectivity index (χ3v) is 15.6. The van der Waals surface area contributed by atoms with E-state index in [0.717, 1.165) is 43.3 Å². The molecule has 5 aliphatic rings. The van der Waals surface area contributed by atoms with Crippen LogP contribution in [0.4, 0.5) is 11.6 Å². The molecule has 5 heterocycles. The van der Waals surface area contributed by atoms with Crippen molar-refractivity contribution in [3.8, 4) is 17.4 Å². The molecule has 9 rings (SSSR count). The molecule has 288 valence electrons. The predicted octanol–water partition coefficient (Wildman–Crippen LogP) is 3.19. The highest BCUT2D eigenvalue weighted by Gasteiger charge is 2.89. The van der Waals surface area contributed by atoms with Crippen molar-refractivity contribution in [1.82, 2.24) is 24.5 Å². The number of aromatic nitrogens is 4. The molecule has 3 aliphatic carbocycles. The molecule has 2 atom stereocenters. The van der Waals surface area contributed by atoms with Gasteiger partial charge in [-0.1, -0.05) is 22.9 Å². The summed E-state index contributed by atoms with van der Waals surface area (Å²) in [6, 6.07) is 16.5. The van der Waals surface area contributed by atoms with Crippen molar-refractivity contribution in [2.24, 2.45) is 22.7 Å². The van der Waals surface area contributed by atoms with Crippen molar-refractivity contribution >= 4 is 72.0 Å². The van der Waals surface area contributed by atoms with Crippen molar-refractivity contribution in [1.29, 1.82) is 0 Å². The van der Waals surface area contributed by atoms with Crippen LogP contribution in [0.5, 0.6) is 11.6 Å². The molecule has 1 amide bonds. The molecule has 4 aromatic rings. The van der Waals surface area contributed by atoms with Gasteiger partial charge in [-0.2, -0.15) is 0 Å². The summed E-state index contributed by atoms with van der Waals surface area (Å²) in [6.07, 6.45) is 10.2. The second-order valence-corrected chi connectivity index (χ2v) is 20.4. The summed E-state index contributed by atoms with van der Waals surface area (Å²) >= 11 is -0.595. The van der Waals surface area contributed by atoms with Crippen LogP contribution in [0.25, 0.3) is 5.82 Å². The first-order valence-electron chi connectivity index (χ1n) is 20.1. The summed E-state index contributed by atoms with van der Waals surface area (Å²) in [5, 5.41) is 8.47. The number of ether oxygens (including phenoxy) is 1. The third kappa shape index (κ3) is 6.44. The van der Waals surface area contributed by atoms with E-state index in [2.05, 4.69) is 60.2 Å². The molecule has 2 spiro atoms. The second-order valence-electron chi connectivity index (χ2n) is 18.4. The van der Waals surface area contributed by atoms with Crippen molar-refractivity contribution < 1.29 is 17.9 Å². The average molecular weight is 787 g/mol. The molecule has 4 fully saturated rings. The van der Waals surface area contributed by atoms with Crippen LogP contribution in [0, 0.1) is 29.6 Å². The maximum Gasteiger partial charge on any atom is 0.265 e. The number of hydrogen-bond donors (Lipinski definition) is 2. The first kappa shape index (κ1) is 37.7. The summed E-state index contributed by atoms with van der Waals surface area (Å²) in [5.41, 5.74) is 2.47. The number of anilines is 2. The zero-order chi connectivity index (χ0) is 39.3. The summed E-state index contributed by atoms with van der Waals surface area (Å²) in [6.45, 7) is 7.88. The fourth-order valence-corrected chi connectivity index (χ4v) is 11.6. The third-order valence-electron chi connectivity index (χ3n) is 13.9. The largest absolute Gasteiger partial charge is 0.490 e. The topological polar surface area (TPSA) is 123 Å². The van der Waals surface area contributed by atoms with Crippen LogP contribution in [-0.2, 0) is 11.1 Å². The lowest BCUT2D eigenvalue weighted by atomic mass is 9.33. The van der Waals surface area contributed by atoms with E-state index in [1.807, 2.05) is 43.5 Å². The van der Waals surface area contributed by atoms with Crippen LogP contribution < -0.4 is 23.9 Å². The van der Waals surface area contributed by atoms with Crippen molar-refractivity contribution in [2.45, 2.75) is 91.8 Å². The molecular formula is C39H49B4N7O4S2. The Labute approximate surface area is 340 Å². The van der Waals surface area contributed by atoms with Crippen LogP contribution >= 0.6 is 11.9 Å². The van der Waals surface area contributed by atoms with Gasteiger partial charge >= 0.3 is 0 Å². The minimum Gasteiger partial charge on any atom is -0.490 e. The fourth-order valence-electron chi connectivity index (χ4n) is 10.3. The fraction of sp³-hybridized carbons (Fsp3) is 0.487. The maximum atomic E-state index is 14.0. The number of carbonyl (C=O) groups is 1. The van der Waals surface area contributed by atoms with Gasteiger partial charge in [0, 0.05) is 48.2 Å². The normalized spacial score (nSPS) is 22.6. The number of nitrogens with zero attached hydrogens (tertiary/aromatic N) is 5. The van der Waals surface area contributed by atoms with Gasteiger partial charge in [0.2, 0.25) is 17.0 Å². The molecule has 11 nitrogen and oxygen atoms in total. The van der Waals surface area contributed by atoms with E-state index < -0.39 is 16.5 Å². The van der Waals surface area contributed by atoms with E-state index in [0.29, 0.717) is 73.8 Å². The van der Waals surface area contributed by atoms with E-state index in [1.54, 1.807) is 28.9 Å². The molecule has 4 bridgehead atoms. The number of carbonyl (C=O) groups excluding carboxylic acids is 1. The molecule has 0 radical (unpaired) electrons. The van der Waals surface area contributed by atoms with Gasteiger partial charge in [-0.15, -0.1) is 5.10 Å². The predicted molar refractivity (Wildman–Crippen MR) is 231 cm³/mol. The summed E-state index contributed by atoms with van der Waals surface area (Å²) in [5.74, 6) is 3.53. The highest BCUT2D eigenvalue weighted by atomic mass is 32.2. The Balaban J connectivity index is 0.965. The van der Waals surface area contributed by atoms with E-state index in [1.165, 1.54) is 25.7 Å². The second kappa shape index (κ2) is 13.4. The summed E-state index contributed by atoms with van der Waals surface area (Å²) in [4.78, 5) is 26.8. The van der Waals surface area contributed by atoms with E-state index in [-0.39, 0.29) is 16.7 Å². The summed E-state index contributed by atoms with van der Waals surface area (Å²) < 4.78 is 30.6. The number of amides is 1. The van der Waals surface area contributed by atoms with Crippen LogP contribution in [-0.4, -0.2) is 85.3 Å². The Kier molecular flexibility index (Phi) is 9.00. The lowest BCUT2D eigenvalue weighted by Crippen LogP contribution is -2.52. The molecule has 1 saturated heterocycles. The Morgan fingerprint density at radius 1 is 0.964 bits per heavy atom. The standard InChI is InChI=1S/C39H49B4N7O4S2/c1-23-6-8-25(9-7-23)56(52)54-27-11-13-30-46-31(27)44-19-4-5-24-21-35(2,3)49(22-24)32-26(33(51)48-55-30)10-12-28(45-32)50-20-14-29(47-50)53-39(42,43)38(40,41)34-36(15-16-36)37(34)17-18-37/h6-14,20,24,34H,4-5,15-19,21-22,40-43H2,1-3H3,(H,44,46)(H,48,51). The highest BCUT2D eigenvalue weighted by Crippen LogP contribution is 2.96. The average Bonchev–Trinajstić information content (AvgIpc) is 4.11. The van der Waals surface area contributed by atoms with Crippen molar-refractivity contribution in [3.63, 3.8) is 0 Å². The zero-order valence-electron chi connectivity index (χ0n) is 33.5. The molecule has 2 N–H and O–H groups in total. The minimum atomic E-state index is -1.72. The first-order chi connectivity index (χ1) is 26.6. The molecule has 56 heavy (non-hydrogen) atoms. The number of pyridine rings is 2. The molecular weight excluding hydrogens is 738 g/mol.